The van der Waals surface area contributed by atoms with Crippen LogP contribution >= 0.6 is 0 Å². The number of nitrogens with two attached hydrogens (primary N) is 1. The van der Waals surface area contributed by atoms with Crippen molar-refractivity contribution in [1.29, 1.82) is 0 Å². The highest BCUT2D eigenvalue weighted by Gasteiger charge is 2.41. The molecule has 3 rings (SSSR count). The highest BCUT2D eigenvalue weighted by Crippen LogP contribution is 2.28. The first kappa shape index (κ1) is 10.2. The Kier molecular flexibility index (Phi) is 2.42. The summed E-state index contributed by atoms with van der Waals surface area (Å²) >= 11 is 0. The number of hydrogen-bond donors (Lipinski definition) is 1. The molecule has 6 heteroatoms. The molecule has 0 bridgehead atoms. The maximum atomic E-state index is 5.93. The molecule has 0 spiro atoms. The van der Waals surface area contributed by atoms with E-state index in [1.54, 1.807) is 6.33 Å². The van der Waals surface area contributed by atoms with Gasteiger partial charge in [0.05, 0.1) is 18.7 Å². The molecule has 88 valence electrons. The number of rotatable bonds is 2. The van der Waals surface area contributed by atoms with Crippen LogP contribution in [0.5, 0.6) is 0 Å². The summed E-state index contributed by atoms with van der Waals surface area (Å²) in [4.78, 5) is 2.41. The lowest BCUT2D eigenvalue weighted by molar-refractivity contribution is 0.0484. The van der Waals surface area contributed by atoms with Crippen molar-refractivity contribution in [2.24, 2.45) is 5.73 Å². The summed E-state index contributed by atoms with van der Waals surface area (Å²) in [5, 5.41) is 8.07. The lowest BCUT2D eigenvalue weighted by Crippen LogP contribution is -2.56. The Hall–Kier alpha value is -0.980. The van der Waals surface area contributed by atoms with Gasteiger partial charge in [-0.3, -0.25) is 4.90 Å². The molecule has 0 radical (unpaired) electrons. The fourth-order valence-corrected chi connectivity index (χ4v) is 2.61. The predicted molar refractivity (Wildman–Crippen MR) is 57.7 cm³/mol. The van der Waals surface area contributed by atoms with E-state index in [0.29, 0.717) is 6.54 Å². The van der Waals surface area contributed by atoms with Crippen molar-refractivity contribution < 1.29 is 4.74 Å². The van der Waals surface area contributed by atoms with E-state index in [9.17, 15) is 0 Å². The normalized spacial score (nSPS) is 30.6. The Labute approximate surface area is 94.4 Å². The van der Waals surface area contributed by atoms with Crippen molar-refractivity contribution in [1.82, 2.24) is 19.7 Å². The molecule has 6 nitrogen and oxygen atoms in total. The molecule has 0 aliphatic carbocycles. The minimum absolute atomic E-state index is 0.0250. The van der Waals surface area contributed by atoms with Crippen molar-refractivity contribution in [2.75, 3.05) is 26.3 Å². The average molecular weight is 223 g/mol. The van der Waals surface area contributed by atoms with Crippen molar-refractivity contribution in [3.8, 4) is 0 Å². The first-order valence-corrected chi connectivity index (χ1v) is 5.74. The van der Waals surface area contributed by atoms with Gasteiger partial charge in [0.15, 0.2) is 0 Å². The monoisotopic (exact) mass is 223 g/mol. The van der Waals surface area contributed by atoms with E-state index >= 15 is 0 Å². The molecule has 1 aromatic heterocycles. The second-order valence-electron chi connectivity index (χ2n) is 4.59. The van der Waals surface area contributed by atoms with Crippen LogP contribution < -0.4 is 5.73 Å². The lowest BCUT2D eigenvalue weighted by Gasteiger charge is -2.41. The van der Waals surface area contributed by atoms with Crippen LogP contribution in [0.25, 0.3) is 0 Å². The topological polar surface area (TPSA) is 69.2 Å². The summed E-state index contributed by atoms with van der Waals surface area (Å²) < 4.78 is 7.62. The van der Waals surface area contributed by atoms with Crippen molar-refractivity contribution >= 4 is 0 Å². The largest absolute Gasteiger partial charge is 0.379 e. The first-order chi connectivity index (χ1) is 7.84. The van der Waals surface area contributed by atoms with Gasteiger partial charge in [0.1, 0.15) is 12.2 Å². The van der Waals surface area contributed by atoms with Crippen molar-refractivity contribution in [3.63, 3.8) is 0 Å². The van der Waals surface area contributed by atoms with Gasteiger partial charge in [-0.1, -0.05) is 0 Å². The zero-order valence-electron chi connectivity index (χ0n) is 9.30. The van der Waals surface area contributed by atoms with E-state index in [0.717, 1.165) is 45.1 Å². The summed E-state index contributed by atoms with van der Waals surface area (Å²) in [6, 6.07) is 0. The molecular weight excluding hydrogens is 206 g/mol. The highest BCUT2D eigenvalue weighted by molar-refractivity contribution is 5.00. The van der Waals surface area contributed by atoms with Crippen LogP contribution in [0.2, 0.25) is 0 Å². The van der Waals surface area contributed by atoms with E-state index < -0.39 is 0 Å². The Morgan fingerprint density at radius 2 is 2.44 bits per heavy atom. The van der Waals surface area contributed by atoms with E-state index in [4.69, 9.17) is 10.5 Å². The molecule has 1 atom stereocenters. The quantitative estimate of drug-likeness (QED) is 0.711. The molecule has 0 aromatic carbocycles. The van der Waals surface area contributed by atoms with Gasteiger partial charge < -0.3 is 15.0 Å². The van der Waals surface area contributed by atoms with Gasteiger partial charge in [0, 0.05) is 26.2 Å². The molecule has 0 saturated carbocycles. The summed E-state index contributed by atoms with van der Waals surface area (Å²) in [5.41, 5.74) is 5.96. The number of hydrogen-bond acceptors (Lipinski definition) is 5. The molecule has 1 saturated heterocycles. The average Bonchev–Trinajstić information content (AvgIpc) is 2.97. The van der Waals surface area contributed by atoms with E-state index in [2.05, 4.69) is 19.7 Å². The maximum absolute atomic E-state index is 5.93. The minimum atomic E-state index is 0.0250. The molecule has 2 N–H and O–H groups in total. The van der Waals surface area contributed by atoms with Crippen LogP contribution in [0.15, 0.2) is 6.33 Å². The van der Waals surface area contributed by atoms with Crippen LogP contribution in [-0.2, 0) is 17.8 Å². The predicted octanol–water partition coefficient (Wildman–Crippen LogP) is -0.788. The Bertz CT molecular complexity index is 371. The summed E-state index contributed by atoms with van der Waals surface area (Å²) in [6.45, 7) is 5.01. The zero-order valence-corrected chi connectivity index (χ0v) is 9.30. The van der Waals surface area contributed by atoms with Crippen LogP contribution in [-0.4, -0.2) is 51.5 Å². The number of fused-ring (bicyclic) bond motifs is 1. The fourth-order valence-electron chi connectivity index (χ4n) is 2.61. The first-order valence-electron chi connectivity index (χ1n) is 5.74. The lowest BCUT2D eigenvalue weighted by atomic mass is 9.95. The third-order valence-electron chi connectivity index (χ3n) is 3.77. The summed E-state index contributed by atoms with van der Waals surface area (Å²) in [7, 11) is 0. The maximum Gasteiger partial charge on any atom is 0.147 e. The van der Waals surface area contributed by atoms with E-state index in [1.807, 2.05) is 0 Å². The van der Waals surface area contributed by atoms with Crippen LogP contribution in [0, 0.1) is 0 Å². The number of ether oxygens (including phenoxy) is 1. The number of aromatic nitrogens is 3. The highest BCUT2D eigenvalue weighted by atomic mass is 16.5. The van der Waals surface area contributed by atoms with Crippen LogP contribution in [0.4, 0.5) is 0 Å². The van der Waals surface area contributed by atoms with Crippen LogP contribution in [0.3, 0.4) is 0 Å². The summed E-state index contributed by atoms with van der Waals surface area (Å²) in [5.74, 6) is 1.03. The van der Waals surface area contributed by atoms with Gasteiger partial charge in [0.2, 0.25) is 0 Å². The molecule has 3 heterocycles. The molecule has 1 fully saturated rings. The van der Waals surface area contributed by atoms with Crippen molar-refractivity contribution in [3.05, 3.63) is 12.2 Å². The second-order valence-corrected chi connectivity index (χ2v) is 4.59. The molecule has 0 amide bonds. The Balaban J connectivity index is 1.82. The molecule has 1 unspecified atom stereocenters. The van der Waals surface area contributed by atoms with Gasteiger partial charge in [0.25, 0.3) is 0 Å². The van der Waals surface area contributed by atoms with Gasteiger partial charge in [-0.2, -0.15) is 0 Å². The Morgan fingerprint density at radius 3 is 3.19 bits per heavy atom. The third kappa shape index (κ3) is 1.45. The van der Waals surface area contributed by atoms with Gasteiger partial charge in [-0.05, 0) is 6.42 Å². The Morgan fingerprint density at radius 1 is 1.50 bits per heavy atom. The SMILES string of the molecule is NCC1(N2CCn3cnnc3C2)CCOC1. The fraction of sp³-hybridized carbons (Fsp3) is 0.800. The van der Waals surface area contributed by atoms with E-state index in [-0.39, 0.29) is 5.54 Å². The molecule has 16 heavy (non-hydrogen) atoms. The third-order valence-corrected chi connectivity index (χ3v) is 3.77. The van der Waals surface area contributed by atoms with Crippen molar-refractivity contribution in [2.45, 2.75) is 25.0 Å². The minimum Gasteiger partial charge on any atom is -0.379 e. The smallest absolute Gasteiger partial charge is 0.147 e. The zero-order chi connectivity index (χ0) is 11.0. The molecule has 2 aliphatic rings. The summed E-state index contributed by atoms with van der Waals surface area (Å²) in [6.07, 6.45) is 2.82. The molecule has 1 aromatic rings. The number of nitrogens with zero attached hydrogens (tertiary/aromatic N) is 4. The second kappa shape index (κ2) is 3.80. The van der Waals surface area contributed by atoms with Crippen LogP contribution in [0.1, 0.15) is 12.2 Å². The van der Waals surface area contributed by atoms with Gasteiger partial charge in [-0.15, -0.1) is 10.2 Å². The van der Waals surface area contributed by atoms with Gasteiger partial charge in [-0.25, -0.2) is 0 Å². The standard InChI is InChI=1S/C10H17N5O/c11-6-10(1-4-16-7-10)15-3-2-14-8-12-13-9(14)5-15/h8H,1-7,11H2. The molecule has 2 aliphatic heterocycles. The van der Waals surface area contributed by atoms with E-state index in [1.165, 1.54) is 0 Å². The van der Waals surface area contributed by atoms with Gasteiger partial charge >= 0.3 is 0 Å². The molecular formula is C10H17N5O.